The Morgan fingerprint density at radius 2 is 1.07 bits per heavy atom. The number of hydrogen-bond acceptors (Lipinski definition) is 10. The van der Waals surface area contributed by atoms with Gasteiger partial charge in [-0.05, 0) is 55.5 Å². The fourth-order valence-corrected chi connectivity index (χ4v) is 7.96. The number of benzene rings is 2. The van der Waals surface area contributed by atoms with Gasteiger partial charge in [0.25, 0.3) is 46.6 Å². The van der Waals surface area contributed by atoms with Crippen LogP contribution in [0.3, 0.4) is 0 Å². The molecule has 0 saturated heterocycles. The zero-order chi connectivity index (χ0) is 43.1. The van der Waals surface area contributed by atoms with Crippen LogP contribution in [-0.4, -0.2) is 109 Å². The number of imide groups is 2. The highest BCUT2D eigenvalue weighted by Crippen LogP contribution is 2.32. The fourth-order valence-electron chi connectivity index (χ4n) is 7.66. The second kappa shape index (κ2) is 16.9. The minimum absolute atomic E-state index is 0.00389. The average molecular weight is 904 g/mol. The van der Waals surface area contributed by atoms with Crippen molar-refractivity contribution in [2.75, 3.05) is 31.5 Å². The Morgan fingerprint density at radius 3 is 1.51 bits per heavy atom. The molecular weight excluding hydrogens is 866 g/mol. The molecule has 16 nitrogen and oxygen atoms in total. The zero-order valence-corrected chi connectivity index (χ0v) is 34.0. The van der Waals surface area contributed by atoms with Crippen LogP contribution in [0.2, 0.25) is 0 Å². The van der Waals surface area contributed by atoms with Gasteiger partial charge in [-0.2, -0.15) is 9.90 Å². The average Bonchev–Trinajstić information content (AvgIpc) is 4.20. The number of rotatable bonds is 9. The molecule has 316 valence electrons. The molecule has 2 saturated carbocycles. The van der Waals surface area contributed by atoms with Gasteiger partial charge in [0.2, 0.25) is 0 Å². The summed E-state index contributed by atoms with van der Waals surface area (Å²) < 4.78 is 37.4. The van der Waals surface area contributed by atoms with E-state index in [0.29, 0.717) is 66.5 Å². The molecule has 1 N–H and O–H groups in total. The van der Waals surface area contributed by atoms with Crippen molar-refractivity contribution in [2.24, 2.45) is 0 Å². The summed E-state index contributed by atoms with van der Waals surface area (Å²) in [5.41, 5.74) is 0.820. The second-order valence-corrected chi connectivity index (χ2v) is 15.7. The highest BCUT2D eigenvalue weighted by Gasteiger charge is 2.41. The zero-order valence-electron chi connectivity index (χ0n) is 32.4. The summed E-state index contributed by atoms with van der Waals surface area (Å²) in [6, 6.07) is 13.5. The first kappa shape index (κ1) is 41.2. The van der Waals surface area contributed by atoms with E-state index in [9.17, 15) is 47.1 Å². The fraction of sp³-hybridized carbons (Fsp3) is 0.333. The van der Waals surface area contributed by atoms with E-state index < -0.39 is 22.9 Å². The van der Waals surface area contributed by atoms with Gasteiger partial charge in [0.1, 0.15) is 11.1 Å². The van der Waals surface area contributed by atoms with Crippen LogP contribution in [0.4, 0.5) is 8.78 Å². The summed E-state index contributed by atoms with van der Waals surface area (Å²) in [6.45, 7) is 0.533. The number of alkyl halides is 1. The van der Waals surface area contributed by atoms with Gasteiger partial charge < -0.3 is 18.8 Å². The minimum Gasteiger partial charge on any atom is -0.383 e. The number of aromatic nitrogens is 2. The Labute approximate surface area is 353 Å². The molecule has 10 rings (SSSR count). The predicted molar refractivity (Wildman–Crippen MR) is 214 cm³/mol. The minimum atomic E-state index is -0.623. The van der Waals surface area contributed by atoms with Crippen LogP contribution < -0.4 is 11.1 Å². The molecule has 4 aliphatic heterocycles. The molecule has 2 aromatic carbocycles. The maximum atomic E-state index is 13.6. The Kier molecular flexibility index (Phi) is 11.4. The van der Waals surface area contributed by atoms with Gasteiger partial charge in [-0.25, -0.2) is 8.78 Å². The van der Waals surface area contributed by atoms with Crippen molar-refractivity contribution in [3.05, 3.63) is 138 Å². The van der Waals surface area contributed by atoms with Crippen LogP contribution in [0.15, 0.2) is 91.0 Å². The number of halogens is 3. The van der Waals surface area contributed by atoms with Gasteiger partial charge in [-0.1, -0.05) is 40.2 Å². The number of hydrogen-bond donors (Lipinski definition) is 1. The first-order valence-corrected chi connectivity index (χ1v) is 20.7. The molecule has 4 aromatic rings. The Balaban J connectivity index is 0.000000139. The lowest BCUT2D eigenvalue weighted by Gasteiger charge is -2.24. The highest BCUT2D eigenvalue weighted by molar-refractivity contribution is 9.09. The van der Waals surface area contributed by atoms with Crippen LogP contribution in [-0.2, 0) is 19.4 Å². The summed E-state index contributed by atoms with van der Waals surface area (Å²) in [7, 11) is 0. The third-order valence-corrected chi connectivity index (χ3v) is 11.8. The van der Waals surface area contributed by atoms with Crippen LogP contribution in [0.1, 0.15) is 99.4 Å². The van der Waals surface area contributed by atoms with E-state index in [0.717, 1.165) is 40.2 Å². The first-order chi connectivity index (χ1) is 29.4. The SMILES string of the molecule is O=C1c2c(o[nH]c2=O)CCN1C1CC1.O=C1c2ccccc2C(=O)N1C/C(=C\F)CBr.O=C1c2ccccc2C(=O)N1C/C(=C\F)Cn1oc2c(c1=O)C(=O)N(C1CC1)CC2. The van der Waals surface area contributed by atoms with Gasteiger partial charge in [0.05, 0.1) is 54.5 Å². The van der Waals surface area contributed by atoms with E-state index in [1.807, 2.05) is 0 Å². The van der Waals surface area contributed by atoms with Crippen molar-refractivity contribution in [3.63, 3.8) is 0 Å². The van der Waals surface area contributed by atoms with Crippen molar-refractivity contribution < 1.29 is 46.6 Å². The van der Waals surface area contributed by atoms with Gasteiger partial charge in [0.15, 0.2) is 11.5 Å². The van der Waals surface area contributed by atoms with E-state index in [-0.39, 0.29) is 88.8 Å². The lowest BCUT2D eigenvalue weighted by Crippen LogP contribution is -2.41. The molecular formula is C42H37BrF2N6O10. The molecule has 19 heteroatoms. The largest absolute Gasteiger partial charge is 0.383 e. The molecule has 6 amide bonds. The maximum absolute atomic E-state index is 13.6. The standard InChI is InChI=1S/C21H18FN3O5.C12H9BrFNO2.C9H10N2O3/c22-9-12(10-24-18(26)14-3-1-2-4-15(14)19(24)27)11-25-21(29)17-16(30-25)7-8-23(20(17)28)13-5-6-13;13-5-8(6-14)7-15-11(16)9-3-1-2-4-10(9)12(15)17;12-8-7-6(14-10-8)3-4-11(9(7)13)5-1-2-5/h1-4,9,13H,5-8,10-11H2;1-4,6H,5,7H2;5H,1-4H2,(H,10,12)/b12-9+;8-6-;. The van der Waals surface area contributed by atoms with Crippen LogP contribution in [0.25, 0.3) is 0 Å². The van der Waals surface area contributed by atoms with Crippen molar-refractivity contribution in [1.82, 2.24) is 29.5 Å². The normalized spacial score (nSPS) is 18.4. The first-order valence-electron chi connectivity index (χ1n) is 19.5. The van der Waals surface area contributed by atoms with E-state index in [2.05, 4.69) is 21.1 Å². The van der Waals surface area contributed by atoms with E-state index >= 15 is 0 Å². The van der Waals surface area contributed by atoms with Gasteiger partial charge >= 0.3 is 0 Å². The highest BCUT2D eigenvalue weighted by atomic mass is 79.9. The van der Waals surface area contributed by atoms with Crippen molar-refractivity contribution >= 4 is 51.4 Å². The Morgan fingerprint density at radius 1 is 0.623 bits per heavy atom. The Bertz CT molecular complexity index is 2600. The molecule has 0 atom stereocenters. The van der Waals surface area contributed by atoms with Crippen LogP contribution >= 0.6 is 15.9 Å². The second-order valence-electron chi connectivity index (χ2n) is 15.2. The summed E-state index contributed by atoms with van der Waals surface area (Å²) in [5.74, 6) is -1.48. The molecule has 0 bridgehead atoms. The smallest absolute Gasteiger partial charge is 0.295 e. The number of nitrogens with zero attached hydrogens (tertiary/aromatic N) is 5. The Hall–Kier alpha value is -6.50. The summed E-state index contributed by atoms with van der Waals surface area (Å²) >= 11 is 3.10. The number of nitrogens with one attached hydrogen (secondary N) is 1. The van der Waals surface area contributed by atoms with Crippen LogP contribution in [0.5, 0.6) is 0 Å². The molecule has 6 aliphatic rings. The summed E-state index contributed by atoms with van der Waals surface area (Å²) in [6.07, 6.45) is 5.75. The lowest BCUT2D eigenvalue weighted by molar-refractivity contribution is 0.0650. The third-order valence-electron chi connectivity index (χ3n) is 11.1. The molecule has 61 heavy (non-hydrogen) atoms. The van der Waals surface area contributed by atoms with E-state index in [1.54, 1.807) is 46.2 Å². The molecule has 2 fully saturated rings. The number of carbonyl (C=O) groups excluding carboxylic acids is 6. The van der Waals surface area contributed by atoms with E-state index in [4.69, 9.17) is 9.05 Å². The number of aromatic amines is 1. The number of amides is 6. The number of fused-ring (bicyclic) bond motifs is 4. The molecule has 6 heterocycles. The number of H-pyrrole nitrogens is 1. The van der Waals surface area contributed by atoms with Gasteiger partial charge in [-0.3, -0.25) is 48.2 Å². The van der Waals surface area contributed by atoms with Crippen LogP contribution in [0, 0.1) is 0 Å². The summed E-state index contributed by atoms with van der Waals surface area (Å²) in [5, 5.41) is 2.50. The summed E-state index contributed by atoms with van der Waals surface area (Å²) in [4.78, 5) is 103. The molecule has 2 aromatic heterocycles. The predicted octanol–water partition coefficient (Wildman–Crippen LogP) is 4.41. The van der Waals surface area contributed by atoms with Gasteiger partial charge in [-0.15, -0.1) is 0 Å². The van der Waals surface area contributed by atoms with Crippen molar-refractivity contribution in [1.29, 1.82) is 0 Å². The van der Waals surface area contributed by atoms with Gasteiger partial charge in [0, 0.05) is 48.9 Å². The quantitative estimate of drug-likeness (QED) is 0.186. The maximum Gasteiger partial charge on any atom is 0.295 e. The topological polar surface area (TPSA) is 197 Å². The van der Waals surface area contributed by atoms with Crippen molar-refractivity contribution in [2.45, 2.75) is 57.2 Å². The monoisotopic (exact) mass is 902 g/mol. The third kappa shape index (κ3) is 7.84. The molecule has 0 radical (unpaired) electrons. The van der Waals surface area contributed by atoms with E-state index in [1.165, 1.54) is 12.1 Å². The lowest BCUT2D eigenvalue weighted by atomic mass is 10.1. The molecule has 0 unspecified atom stereocenters. The van der Waals surface area contributed by atoms with Crippen molar-refractivity contribution in [3.8, 4) is 0 Å². The number of carbonyl (C=O) groups is 6. The molecule has 0 spiro atoms. The molecule has 2 aliphatic carbocycles.